The normalized spacial score (nSPS) is 14.1. The lowest BCUT2D eigenvalue weighted by Crippen LogP contribution is -2.45. The number of benzene rings is 2. The molecule has 0 spiro atoms. The number of aryl methyl sites for hydroxylation is 1. The van der Waals surface area contributed by atoms with Crippen molar-refractivity contribution in [3.8, 4) is 11.8 Å². The number of hydrogen-bond acceptors (Lipinski definition) is 7. The highest BCUT2D eigenvalue weighted by Gasteiger charge is 2.34. The summed E-state index contributed by atoms with van der Waals surface area (Å²) in [5, 5.41) is 7.70. The van der Waals surface area contributed by atoms with Crippen LogP contribution in [0.15, 0.2) is 73.3 Å². The topological polar surface area (TPSA) is 79.9 Å². The molecular weight excluding hydrogens is 643 g/mol. The Balaban J connectivity index is 1.17. The maximum atomic E-state index is 14.2. The number of pyridine rings is 1. The van der Waals surface area contributed by atoms with Gasteiger partial charge in [-0.2, -0.15) is 18.3 Å². The number of piperazine rings is 1. The molecule has 1 N–H and O–H groups in total. The first kappa shape index (κ1) is 34.9. The van der Waals surface area contributed by atoms with Crippen LogP contribution in [0.3, 0.4) is 0 Å². The van der Waals surface area contributed by atoms with Crippen molar-refractivity contribution in [3.63, 3.8) is 0 Å². The van der Waals surface area contributed by atoms with Crippen molar-refractivity contribution in [2.24, 2.45) is 0 Å². The van der Waals surface area contributed by atoms with Crippen LogP contribution < -0.4 is 5.32 Å². The van der Waals surface area contributed by atoms with Crippen molar-refractivity contribution in [1.82, 2.24) is 29.0 Å². The standard InChI is InChI=1S/C38H40F3N7O2/c1-4-45-14-16-46(17-15-45)25-31-10-8-28(20-34(31)38(39,40)41)21-36(49)30-9-7-27(2)29(22-30)11-12-33-24-42-37-35(6-5-13-48(33)37)44-32-23-43-47(26-32)18-19-50-3/h5-10,13,20,22-24,26,44H,4,14-19,21,25H2,1-3H3. The number of carbonyl (C=O) groups is 1. The molecule has 12 heteroatoms. The Morgan fingerprint density at radius 1 is 1.02 bits per heavy atom. The maximum absolute atomic E-state index is 14.2. The first-order valence-electron chi connectivity index (χ1n) is 16.7. The van der Waals surface area contributed by atoms with Gasteiger partial charge in [0, 0.05) is 69.8 Å². The number of hydrogen-bond donors (Lipinski definition) is 1. The molecule has 9 nitrogen and oxygen atoms in total. The summed E-state index contributed by atoms with van der Waals surface area (Å²) in [5.74, 6) is 6.08. The van der Waals surface area contributed by atoms with E-state index in [9.17, 15) is 18.0 Å². The van der Waals surface area contributed by atoms with Crippen LogP contribution in [0.4, 0.5) is 24.5 Å². The van der Waals surface area contributed by atoms with E-state index in [2.05, 4.69) is 44.0 Å². The smallest absolute Gasteiger partial charge is 0.383 e. The van der Waals surface area contributed by atoms with Crippen LogP contribution in [-0.4, -0.2) is 81.2 Å². The third-order valence-electron chi connectivity index (χ3n) is 9.01. The van der Waals surface area contributed by atoms with E-state index in [1.165, 1.54) is 6.07 Å². The van der Waals surface area contributed by atoms with Gasteiger partial charge in [0.15, 0.2) is 11.4 Å². The van der Waals surface area contributed by atoms with Gasteiger partial charge in [0.05, 0.1) is 42.5 Å². The van der Waals surface area contributed by atoms with Gasteiger partial charge in [0.2, 0.25) is 0 Å². The minimum Gasteiger partial charge on any atom is -0.383 e. The van der Waals surface area contributed by atoms with E-state index in [0.29, 0.717) is 41.2 Å². The summed E-state index contributed by atoms with van der Waals surface area (Å²) < 4.78 is 51.3. The largest absolute Gasteiger partial charge is 0.416 e. The van der Waals surface area contributed by atoms with Gasteiger partial charge in [-0.25, -0.2) is 4.98 Å². The van der Waals surface area contributed by atoms with Crippen LogP contribution in [0.5, 0.6) is 0 Å². The Morgan fingerprint density at radius 2 is 1.82 bits per heavy atom. The van der Waals surface area contributed by atoms with Crippen LogP contribution in [-0.2, 0) is 30.4 Å². The van der Waals surface area contributed by atoms with E-state index in [0.717, 1.165) is 55.7 Å². The average molecular weight is 684 g/mol. The summed E-state index contributed by atoms with van der Waals surface area (Å²) in [6.07, 6.45) is 2.52. The molecule has 0 atom stereocenters. The predicted octanol–water partition coefficient (Wildman–Crippen LogP) is 6.21. The molecule has 260 valence electrons. The van der Waals surface area contributed by atoms with E-state index >= 15 is 0 Å². The minimum absolute atomic E-state index is 0.150. The number of ether oxygens (including phenoxy) is 1. The SMILES string of the molecule is CCN1CCN(Cc2ccc(CC(=O)c3ccc(C)c(C#Cc4cnc5c(Nc6cnn(CCOC)c6)cccn45)c3)cc2C(F)(F)F)CC1. The maximum Gasteiger partial charge on any atom is 0.416 e. The van der Waals surface area contributed by atoms with Crippen LogP contribution in [0, 0.1) is 18.8 Å². The number of aromatic nitrogens is 4. The number of likely N-dealkylation sites (N-methyl/N-ethyl adjacent to an activating group) is 1. The van der Waals surface area contributed by atoms with E-state index in [1.807, 2.05) is 41.9 Å². The third kappa shape index (κ3) is 8.25. The minimum atomic E-state index is -4.52. The van der Waals surface area contributed by atoms with Gasteiger partial charge in [-0.05, 0) is 60.3 Å². The van der Waals surface area contributed by atoms with Crippen molar-refractivity contribution in [2.75, 3.05) is 51.8 Å². The van der Waals surface area contributed by atoms with Gasteiger partial charge >= 0.3 is 6.18 Å². The lowest BCUT2D eigenvalue weighted by Gasteiger charge is -2.34. The van der Waals surface area contributed by atoms with Crippen molar-refractivity contribution in [3.05, 3.63) is 112 Å². The van der Waals surface area contributed by atoms with E-state index < -0.39 is 11.7 Å². The number of nitrogens with zero attached hydrogens (tertiary/aromatic N) is 6. The molecule has 6 rings (SSSR count). The van der Waals surface area contributed by atoms with Crippen LogP contribution in [0.1, 0.15) is 50.8 Å². The highest BCUT2D eigenvalue weighted by molar-refractivity contribution is 5.98. The van der Waals surface area contributed by atoms with Crippen molar-refractivity contribution < 1.29 is 22.7 Å². The van der Waals surface area contributed by atoms with Gasteiger partial charge < -0.3 is 15.0 Å². The molecule has 50 heavy (non-hydrogen) atoms. The van der Waals surface area contributed by atoms with Gasteiger partial charge in [-0.15, -0.1) is 0 Å². The highest BCUT2D eigenvalue weighted by atomic mass is 19.4. The van der Waals surface area contributed by atoms with Crippen LogP contribution in [0.2, 0.25) is 0 Å². The number of Topliss-reactive ketones (excluding diaryl/α,β-unsaturated/α-hetero) is 1. The molecule has 1 fully saturated rings. The zero-order chi connectivity index (χ0) is 35.3. The molecule has 5 aromatic rings. The molecule has 1 saturated heterocycles. The van der Waals surface area contributed by atoms with E-state index in [4.69, 9.17) is 4.74 Å². The fourth-order valence-corrected chi connectivity index (χ4v) is 6.08. The number of halogens is 3. The molecule has 0 unspecified atom stereocenters. The summed E-state index contributed by atoms with van der Waals surface area (Å²) in [4.78, 5) is 22.3. The predicted molar refractivity (Wildman–Crippen MR) is 187 cm³/mol. The molecule has 0 radical (unpaired) electrons. The highest BCUT2D eigenvalue weighted by Crippen LogP contribution is 2.34. The first-order valence-corrected chi connectivity index (χ1v) is 16.7. The number of alkyl halides is 3. The Hall–Kier alpha value is -4.96. The fraction of sp³-hybridized carbons (Fsp3) is 0.342. The molecule has 0 bridgehead atoms. The van der Waals surface area contributed by atoms with E-state index in [-0.39, 0.29) is 24.3 Å². The summed E-state index contributed by atoms with van der Waals surface area (Å²) in [5.41, 5.74) is 4.73. The number of fused-ring (bicyclic) bond motifs is 1. The van der Waals surface area contributed by atoms with Gasteiger partial charge in [-0.1, -0.05) is 37.1 Å². The van der Waals surface area contributed by atoms with Crippen molar-refractivity contribution in [1.29, 1.82) is 0 Å². The molecule has 2 aromatic carbocycles. The summed E-state index contributed by atoms with van der Waals surface area (Å²) >= 11 is 0. The Labute approximate surface area is 289 Å². The zero-order valence-corrected chi connectivity index (χ0v) is 28.4. The van der Waals surface area contributed by atoms with Crippen LogP contribution >= 0.6 is 0 Å². The number of carbonyl (C=O) groups excluding carboxylic acids is 1. The number of methoxy groups -OCH3 is 1. The van der Waals surface area contributed by atoms with Crippen molar-refractivity contribution >= 4 is 22.8 Å². The van der Waals surface area contributed by atoms with Gasteiger partial charge in [-0.3, -0.25) is 18.8 Å². The second-order valence-corrected chi connectivity index (χ2v) is 12.4. The first-order chi connectivity index (χ1) is 24.1. The Morgan fingerprint density at radius 3 is 2.58 bits per heavy atom. The second kappa shape index (κ2) is 15.3. The molecule has 0 amide bonds. The lowest BCUT2D eigenvalue weighted by molar-refractivity contribution is -0.138. The molecule has 3 aromatic heterocycles. The third-order valence-corrected chi connectivity index (χ3v) is 9.01. The number of ketones is 1. The molecular formula is C38H40F3N7O2. The fourth-order valence-electron chi connectivity index (χ4n) is 6.08. The molecule has 1 aliphatic heterocycles. The Kier molecular flexibility index (Phi) is 10.7. The Bertz CT molecular complexity index is 2030. The lowest BCUT2D eigenvalue weighted by atomic mass is 9.96. The van der Waals surface area contributed by atoms with Crippen LogP contribution in [0.25, 0.3) is 5.65 Å². The molecule has 1 aliphatic rings. The number of rotatable bonds is 11. The van der Waals surface area contributed by atoms with E-state index in [1.54, 1.807) is 42.4 Å². The summed E-state index contributed by atoms with van der Waals surface area (Å²) in [6.45, 7) is 9.49. The molecule has 0 saturated carbocycles. The van der Waals surface area contributed by atoms with Gasteiger partial charge in [0.25, 0.3) is 0 Å². The zero-order valence-electron chi connectivity index (χ0n) is 28.4. The number of nitrogens with one attached hydrogen (secondary N) is 1. The summed E-state index contributed by atoms with van der Waals surface area (Å²) in [6, 6.07) is 13.3. The summed E-state index contributed by atoms with van der Waals surface area (Å²) in [7, 11) is 1.65. The number of imidazole rings is 1. The molecule has 4 heterocycles. The quantitative estimate of drug-likeness (QED) is 0.131. The second-order valence-electron chi connectivity index (χ2n) is 12.4. The average Bonchev–Trinajstić information content (AvgIpc) is 3.74. The van der Waals surface area contributed by atoms with Crippen molar-refractivity contribution in [2.45, 2.75) is 39.5 Å². The van der Waals surface area contributed by atoms with Gasteiger partial charge in [0.1, 0.15) is 5.69 Å². The molecule has 0 aliphatic carbocycles. The monoisotopic (exact) mass is 683 g/mol. The number of anilines is 2.